The summed E-state index contributed by atoms with van der Waals surface area (Å²) in [6, 6.07) is 0. The topological polar surface area (TPSA) is 20.2 Å². The lowest BCUT2D eigenvalue weighted by Crippen LogP contribution is -2.27. The molecule has 60 valence electrons. The van der Waals surface area contributed by atoms with Gasteiger partial charge in [-0.15, -0.1) is 0 Å². The molecule has 2 saturated carbocycles. The smallest absolute Gasteiger partial charge is 0.0577 e. The van der Waals surface area contributed by atoms with E-state index in [0.29, 0.717) is 5.92 Å². The van der Waals surface area contributed by atoms with E-state index in [-0.39, 0.29) is 6.10 Å². The molecule has 3 aliphatic carbocycles. The second kappa shape index (κ2) is 1.89. The fourth-order valence-electron chi connectivity index (χ4n) is 3.51. The Hall–Kier alpha value is -0.300. The van der Waals surface area contributed by atoms with E-state index in [9.17, 15) is 5.11 Å². The Bertz CT molecular complexity index is 209. The van der Waals surface area contributed by atoms with Crippen LogP contribution in [0.3, 0.4) is 0 Å². The van der Waals surface area contributed by atoms with E-state index in [1.54, 1.807) is 0 Å². The lowest BCUT2D eigenvalue weighted by molar-refractivity contribution is 0.0746. The quantitative estimate of drug-likeness (QED) is 0.520. The fraction of sp³-hybridized carbons (Fsp3) is 0.800. The van der Waals surface area contributed by atoms with E-state index in [1.807, 2.05) is 0 Å². The van der Waals surface area contributed by atoms with Crippen molar-refractivity contribution in [2.24, 2.45) is 23.7 Å². The third-order valence-electron chi connectivity index (χ3n) is 3.97. The lowest BCUT2D eigenvalue weighted by atomic mass is 9.80. The molecule has 0 aromatic rings. The zero-order valence-corrected chi connectivity index (χ0v) is 6.61. The first-order chi connectivity index (χ1) is 5.36. The maximum absolute atomic E-state index is 9.63. The van der Waals surface area contributed by atoms with Gasteiger partial charge in [0.1, 0.15) is 0 Å². The predicted molar refractivity (Wildman–Crippen MR) is 43.0 cm³/mol. The molecule has 0 spiro atoms. The number of aliphatic hydroxyl groups excluding tert-OH is 1. The third-order valence-corrected chi connectivity index (χ3v) is 3.97. The monoisotopic (exact) mass is 150 g/mol. The molecule has 0 aromatic carbocycles. The molecular formula is C10H14O. The van der Waals surface area contributed by atoms with E-state index < -0.39 is 0 Å². The minimum Gasteiger partial charge on any atom is -0.393 e. The molecule has 0 saturated heterocycles. The molecule has 2 bridgehead atoms. The van der Waals surface area contributed by atoms with Crippen molar-refractivity contribution in [1.82, 2.24) is 0 Å². The van der Waals surface area contributed by atoms with Crippen LogP contribution < -0.4 is 0 Å². The summed E-state index contributed by atoms with van der Waals surface area (Å²) in [5.41, 5.74) is 0. The Morgan fingerprint density at radius 3 is 3.00 bits per heavy atom. The Kier molecular flexibility index (Phi) is 1.07. The number of fused-ring (bicyclic) bond motifs is 5. The molecule has 3 rings (SSSR count). The van der Waals surface area contributed by atoms with Gasteiger partial charge in [-0.1, -0.05) is 12.2 Å². The summed E-state index contributed by atoms with van der Waals surface area (Å²) in [6.07, 6.45) is 8.38. The van der Waals surface area contributed by atoms with Crippen LogP contribution in [0, 0.1) is 23.7 Å². The zero-order chi connectivity index (χ0) is 7.42. The van der Waals surface area contributed by atoms with Crippen LogP contribution >= 0.6 is 0 Å². The largest absolute Gasteiger partial charge is 0.393 e. The molecular weight excluding hydrogens is 136 g/mol. The van der Waals surface area contributed by atoms with Gasteiger partial charge in [0.15, 0.2) is 0 Å². The van der Waals surface area contributed by atoms with Gasteiger partial charge in [-0.05, 0) is 42.9 Å². The molecule has 0 amide bonds. The molecule has 0 heterocycles. The molecule has 5 atom stereocenters. The van der Waals surface area contributed by atoms with Gasteiger partial charge in [-0.3, -0.25) is 0 Å². The van der Waals surface area contributed by atoms with Crippen LogP contribution in [-0.4, -0.2) is 11.2 Å². The molecule has 3 aliphatic rings. The normalized spacial score (nSPS) is 58.8. The highest BCUT2D eigenvalue weighted by atomic mass is 16.3. The molecule has 0 aromatic heterocycles. The summed E-state index contributed by atoms with van der Waals surface area (Å²) >= 11 is 0. The van der Waals surface area contributed by atoms with E-state index in [4.69, 9.17) is 0 Å². The molecule has 1 heteroatoms. The first-order valence-corrected chi connectivity index (χ1v) is 4.71. The van der Waals surface area contributed by atoms with Crippen molar-refractivity contribution < 1.29 is 5.11 Å². The van der Waals surface area contributed by atoms with Gasteiger partial charge in [0.2, 0.25) is 0 Å². The summed E-state index contributed by atoms with van der Waals surface area (Å²) in [5, 5.41) is 9.63. The average molecular weight is 150 g/mol. The van der Waals surface area contributed by atoms with Crippen LogP contribution in [-0.2, 0) is 0 Å². The summed E-state index contributed by atoms with van der Waals surface area (Å²) < 4.78 is 0. The zero-order valence-electron chi connectivity index (χ0n) is 6.61. The van der Waals surface area contributed by atoms with Gasteiger partial charge in [0, 0.05) is 0 Å². The van der Waals surface area contributed by atoms with Crippen molar-refractivity contribution in [3.05, 3.63) is 12.2 Å². The average Bonchev–Trinajstić information content (AvgIpc) is 2.52. The Morgan fingerprint density at radius 1 is 1.18 bits per heavy atom. The fourth-order valence-corrected chi connectivity index (χ4v) is 3.51. The van der Waals surface area contributed by atoms with Gasteiger partial charge in [-0.2, -0.15) is 0 Å². The molecule has 0 aliphatic heterocycles. The lowest BCUT2D eigenvalue weighted by Gasteiger charge is -2.27. The summed E-state index contributed by atoms with van der Waals surface area (Å²) in [4.78, 5) is 0. The van der Waals surface area contributed by atoms with Crippen LogP contribution in [0.15, 0.2) is 12.2 Å². The van der Waals surface area contributed by atoms with Crippen molar-refractivity contribution in [3.8, 4) is 0 Å². The Morgan fingerprint density at radius 2 is 2.09 bits per heavy atom. The highest BCUT2D eigenvalue weighted by Gasteiger charge is 2.51. The van der Waals surface area contributed by atoms with Gasteiger partial charge in [0.25, 0.3) is 0 Å². The Labute approximate surface area is 67.1 Å². The maximum atomic E-state index is 9.63. The summed E-state index contributed by atoms with van der Waals surface area (Å²) in [6.45, 7) is 0. The van der Waals surface area contributed by atoms with Crippen LogP contribution in [0.2, 0.25) is 0 Å². The molecule has 11 heavy (non-hydrogen) atoms. The number of hydrogen-bond acceptors (Lipinski definition) is 1. The first kappa shape index (κ1) is 6.24. The van der Waals surface area contributed by atoms with Crippen molar-refractivity contribution in [1.29, 1.82) is 0 Å². The van der Waals surface area contributed by atoms with Crippen LogP contribution in [0.25, 0.3) is 0 Å². The van der Waals surface area contributed by atoms with Crippen LogP contribution in [0.1, 0.15) is 19.3 Å². The van der Waals surface area contributed by atoms with Crippen LogP contribution in [0.4, 0.5) is 0 Å². The number of aliphatic hydroxyl groups is 1. The molecule has 0 radical (unpaired) electrons. The maximum Gasteiger partial charge on any atom is 0.0577 e. The van der Waals surface area contributed by atoms with Crippen molar-refractivity contribution >= 4 is 0 Å². The minimum absolute atomic E-state index is 0.0315. The van der Waals surface area contributed by atoms with Gasteiger partial charge in [0.05, 0.1) is 6.10 Å². The highest BCUT2D eigenvalue weighted by molar-refractivity contribution is 5.14. The van der Waals surface area contributed by atoms with E-state index in [1.165, 1.54) is 12.8 Å². The van der Waals surface area contributed by atoms with Crippen molar-refractivity contribution in [2.75, 3.05) is 0 Å². The van der Waals surface area contributed by atoms with Gasteiger partial charge >= 0.3 is 0 Å². The summed E-state index contributed by atoms with van der Waals surface area (Å²) in [7, 11) is 0. The van der Waals surface area contributed by atoms with Crippen LogP contribution in [0.5, 0.6) is 0 Å². The molecule has 2 unspecified atom stereocenters. The highest BCUT2D eigenvalue weighted by Crippen LogP contribution is 2.56. The standard InChI is InChI=1S/C10H14O/c11-10-5-6-4-9(10)8-3-1-2-7(6)8/h1,3,6-11H,2,4-5H2/t6?,7-,8-,9?,10-/m1/s1. The predicted octanol–water partition coefficient (Wildman–Crippen LogP) is 1.58. The molecule has 1 N–H and O–H groups in total. The second-order valence-corrected chi connectivity index (χ2v) is 4.37. The second-order valence-electron chi connectivity index (χ2n) is 4.37. The van der Waals surface area contributed by atoms with Crippen molar-refractivity contribution in [3.63, 3.8) is 0 Å². The van der Waals surface area contributed by atoms with Gasteiger partial charge in [-0.25, -0.2) is 0 Å². The minimum atomic E-state index is 0.0315. The third kappa shape index (κ3) is 0.652. The molecule has 2 fully saturated rings. The van der Waals surface area contributed by atoms with E-state index in [0.717, 1.165) is 24.2 Å². The van der Waals surface area contributed by atoms with E-state index >= 15 is 0 Å². The van der Waals surface area contributed by atoms with Gasteiger partial charge < -0.3 is 5.11 Å². The first-order valence-electron chi connectivity index (χ1n) is 4.71. The number of allylic oxidation sites excluding steroid dienone is 2. The summed E-state index contributed by atoms with van der Waals surface area (Å²) in [5.74, 6) is 3.16. The van der Waals surface area contributed by atoms with E-state index in [2.05, 4.69) is 12.2 Å². The number of hydrogen-bond donors (Lipinski definition) is 1. The van der Waals surface area contributed by atoms with Crippen molar-refractivity contribution in [2.45, 2.75) is 25.4 Å². The Balaban J connectivity index is 1.94. The number of rotatable bonds is 0. The molecule has 1 nitrogen and oxygen atoms in total. The SMILES string of the molecule is O[C@@H]1CC2CC1[C@@H]1C=CC[C@H]21.